The first-order chi connectivity index (χ1) is 11.0. The molecule has 1 heterocycles. The van der Waals surface area contributed by atoms with Crippen LogP contribution < -0.4 is 5.32 Å². The molecule has 1 aliphatic heterocycles. The van der Waals surface area contributed by atoms with E-state index < -0.39 is 28.9 Å². The topological polar surface area (TPSA) is 61.8 Å². The van der Waals surface area contributed by atoms with Crippen LogP contribution in [0.25, 0.3) is 0 Å². The second-order valence-corrected chi connectivity index (χ2v) is 5.70. The van der Waals surface area contributed by atoms with Gasteiger partial charge in [0.1, 0.15) is 11.4 Å². The van der Waals surface area contributed by atoms with Gasteiger partial charge in [-0.2, -0.15) is 0 Å². The Hall–Kier alpha value is -1.73. The maximum Gasteiger partial charge on any atom is 0.257 e. The molecule has 0 aromatic heterocycles. The van der Waals surface area contributed by atoms with Gasteiger partial charge in [0.05, 0.1) is 6.10 Å². The number of hydrogen-bond acceptors (Lipinski definition) is 4. The van der Waals surface area contributed by atoms with Gasteiger partial charge < -0.3 is 20.1 Å². The third kappa shape index (κ3) is 4.87. The van der Waals surface area contributed by atoms with Crippen molar-refractivity contribution in [1.29, 1.82) is 0 Å². The third-order valence-corrected chi connectivity index (χ3v) is 3.77. The summed E-state index contributed by atoms with van der Waals surface area (Å²) in [6.07, 6.45) is 1.82. The average Bonchev–Trinajstić information content (AvgIpc) is 2.72. The number of carbonyl (C=O) groups is 1. The summed E-state index contributed by atoms with van der Waals surface area (Å²) in [5.74, 6) is -3.82. The quantitative estimate of drug-likeness (QED) is 0.811. The number of ether oxygens (including phenoxy) is 1. The molecular weight excluding hydrogens is 306 g/mol. The smallest absolute Gasteiger partial charge is 0.257 e. The van der Waals surface area contributed by atoms with E-state index in [1.54, 1.807) is 0 Å². The fraction of sp³-hybridized carbons (Fsp3) is 0.562. The van der Waals surface area contributed by atoms with Crippen molar-refractivity contribution in [2.45, 2.75) is 25.9 Å². The third-order valence-electron chi connectivity index (χ3n) is 3.77. The summed E-state index contributed by atoms with van der Waals surface area (Å²) in [6, 6.07) is 1.75. The molecule has 23 heavy (non-hydrogen) atoms. The zero-order chi connectivity index (χ0) is 16.8. The van der Waals surface area contributed by atoms with Crippen molar-refractivity contribution in [2.75, 3.05) is 32.8 Å². The molecule has 1 unspecified atom stereocenters. The Morgan fingerprint density at radius 2 is 2.26 bits per heavy atom. The van der Waals surface area contributed by atoms with Crippen molar-refractivity contribution in [3.63, 3.8) is 0 Å². The Balaban J connectivity index is 1.80. The van der Waals surface area contributed by atoms with Crippen LogP contribution in [0.15, 0.2) is 12.1 Å². The molecule has 1 aromatic carbocycles. The molecule has 1 amide bonds. The first-order valence-electron chi connectivity index (χ1n) is 7.78. The molecule has 0 aliphatic carbocycles. The molecule has 0 radical (unpaired) electrons. The van der Waals surface area contributed by atoms with E-state index in [1.165, 1.54) is 0 Å². The van der Waals surface area contributed by atoms with E-state index in [0.717, 1.165) is 44.8 Å². The molecule has 2 N–H and O–H groups in total. The zero-order valence-corrected chi connectivity index (χ0v) is 13.1. The van der Waals surface area contributed by atoms with Crippen LogP contribution in [0, 0.1) is 11.6 Å². The lowest BCUT2D eigenvalue weighted by Gasteiger charge is -2.21. The predicted octanol–water partition coefficient (Wildman–Crippen LogP) is 1.90. The van der Waals surface area contributed by atoms with Gasteiger partial charge in [0, 0.05) is 26.2 Å². The number of halogens is 2. The normalized spacial score (nSPS) is 19.3. The number of phenols is 1. The highest BCUT2D eigenvalue weighted by Gasteiger charge is 2.20. The van der Waals surface area contributed by atoms with Crippen LogP contribution in [0.2, 0.25) is 0 Å². The van der Waals surface area contributed by atoms with Crippen LogP contribution in [0.5, 0.6) is 5.75 Å². The Bertz CT molecular complexity index is 554. The van der Waals surface area contributed by atoms with Crippen LogP contribution in [0.3, 0.4) is 0 Å². The molecule has 0 spiro atoms. The monoisotopic (exact) mass is 328 g/mol. The molecule has 1 aliphatic rings. The molecule has 0 bridgehead atoms. The van der Waals surface area contributed by atoms with Crippen molar-refractivity contribution in [1.82, 2.24) is 10.2 Å². The van der Waals surface area contributed by atoms with Gasteiger partial charge >= 0.3 is 0 Å². The number of aromatic hydroxyl groups is 1. The number of rotatable bonds is 5. The molecular formula is C16H22F2N2O3. The van der Waals surface area contributed by atoms with E-state index in [0.29, 0.717) is 13.0 Å². The largest absolute Gasteiger partial charge is 0.505 e. The van der Waals surface area contributed by atoms with Gasteiger partial charge in [-0.3, -0.25) is 4.79 Å². The first-order valence-corrected chi connectivity index (χ1v) is 7.78. The van der Waals surface area contributed by atoms with Crippen molar-refractivity contribution in [3.8, 4) is 5.75 Å². The van der Waals surface area contributed by atoms with Crippen molar-refractivity contribution in [2.24, 2.45) is 0 Å². The van der Waals surface area contributed by atoms with Gasteiger partial charge in [-0.15, -0.1) is 0 Å². The summed E-state index contributed by atoms with van der Waals surface area (Å²) in [5.41, 5.74) is -0.748. The van der Waals surface area contributed by atoms with Crippen molar-refractivity contribution in [3.05, 3.63) is 29.3 Å². The number of nitrogens with one attached hydrogen (secondary N) is 1. The minimum Gasteiger partial charge on any atom is -0.505 e. The summed E-state index contributed by atoms with van der Waals surface area (Å²) >= 11 is 0. The average molecular weight is 328 g/mol. The van der Waals surface area contributed by atoms with Crippen LogP contribution in [-0.2, 0) is 4.74 Å². The number of phenolic OH excluding ortho intramolecular Hbond substituents is 1. The van der Waals surface area contributed by atoms with E-state index in [2.05, 4.69) is 10.2 Å². The summed E-state index contributed by atoms with van der Waals surface area (Å²) in [7, 11) is 0. The summed E-state index contributed by atoms with van der Waals surface area (Å²) < 4.78 is 32.7. The first kappa shape index (κ1) is 17.6. The number of nitrogens with zero attached hydrogens (tertiary/aromatic N) is 1. The second-order valence-electron chi connectivity index (χ2n) is 5.70. The summed E-state index contributed by atoms with van der Waals surface area (Å²) in [6.45, 7) is 5.63. The molecule has 2 rings (SSSR count). The lowest BCUT2D eigenvalue weighted by atomic mass is 10.1. The Morgan fingerprint density at radius 3 is 3.04 bits per heavy atom. The number of hydrogen-bond donors (Lipinski definition) is 2. The van der Waals surface area contributed by atoms with Crippen molar-refractivity contribution >= 4 is 5.91 Å². The molecule has 1 atom stereocenters. The van der Waals surface area contributed by atoms with Gasteiger partial charge in [0.25, 0.3) is 5.91 Å². The predicted molar refractivity (Wildman–Crippen MR) is 81.4 cm³/mol. The molecule has 7 heteroatoms. The molecule has 1 aromatic rings. The standard InChI is InChI=1S/C16H22F2N2O3/c1-11-10-20(8-3-9-23-11)7-2-6-19-16(22)14-12(17)4-5-13(21)15(14)18/h4-5,11,21H,2-3,6-10H2,1H3,(H,19,22). The van der Waals surface area contributed by atoms with Gasteiger partial charge in [-0.05, 0) is 38.4 Å². The highest BCUT2D eigenvalue weighted by atomic mass is 19.1. The van der Waals surface area contributed by atoms with E-state index in [9.17, 15) is 18.7 Å². The highest BCUT2D eigenvalue weighted by molar-refractivity contribution is 5.95. The Kier molecular flexibility index (Phi) is 6.29. The minimum atomic E-state index is -1.24. The maximum atomic E-state index is 13.6. The van der Waals surface area contributed by atoms with E-state index >= 15 is 0 Å². The molecule has 5 nitrogen and oxygen atoms in total. The molecule has 128 valence electrons. The van der Waals surface area contributed by atoms with Crippen LogP contribution in [0.1, 0.15) is 30.1 Å². The number of amides is 1. The SMILES string of the molecule is CC1CN(CCCNC(=O)c2c(F)ccc(O)c2F)CCCO1. The summed E-state index contributed by atoms with van der Waals surface area (Å²) in [4.78, 5) is 14.1. The Labute approximate surface area is 134 Å². The minimum absolute atomic E-state index is 0.183. The molecule has 1 saturated heterocycles. The lowest BCUT2D eigenvalue weighted by molar-refractivity contribution is 0.0675. The van der Waals surface area contributed by atoms with Gasteiger partial charge in [0.2, 0.25) is 0 Å². The Morgan fingerprint density at radius 1 is 1.48 bits per heavy atom. The van der Waals surface area contributed by atoms with Crippen LogP contribution in [0.4, 0.5) is 8.78 Å². The lowest BCUT2D eigenvalue weighted by Crippen LogP contribution is -2.34. The van der Waals surface area contributed by atoms with Crippen LogP contribution in [-0.4, -0.2) is 54.8 Å². The van der Waals surface area contributed by atoms with E-state index in [1.807, 2.05) is 6.92 Å². The zero-order valence-electron chi connectivity index (χ0n) is 13.1. The molecule has 0 saturated carbocycles. The maximum absolute atomic E-state index is 13.6. The highest BCUT2D eigenvalue weighted by Crippen LogP contribution is 2.21. The number of carbonyl (C=O) groups excluding carboxylic acids is 1. The van der Waals surface area contributed by atoms with Gasteiger partial charge in [-0.1, -0.05) is 0 Å². The van der Waals surface area contributed by atoms with E-state index in [4.69, 9.17) is 4.74 Å². The second kappa shape index (κ2) is 8.21. The fourth-order valence-electron chi connectivity index (χ4n) is 2.63. The van der Waals surface area contributed by atoms with Gasteiger partial charge in [0.15, 0.2) is 11.6 Å². The van der Waals surface area contributed by atoms with Gasteiger partial charge in [-0.25, -0.2) is 8.78 Å². The fourth-order valence-corrected chi connectivity index (χ4v) is 2.63. The van der Waals surface area contributed by atoms with Crippen LogP contribution >= 0.6 is 0 Å². The molecule has 1 fully saturated rings. The van der Waals surface area contributed by atoms with Crippen molar-refractivity contribution < 1.29 is 23.4 Å². The van der Waals surface area contributed by atoms with E-state index in [-0.39, 0.29) is 6.10 Å². The number of benzene rings is 1. The summed E-state index contributed by atoms with van der Waals surface area (Å²) in [5, 5.41) is 11.7.